The van der Waals surface area contributed by atoms with E-state index in [1.54, 1.807) is 4.57 Å². The van der Waals surface area contributed by atoms with E-state index in [1.807, 2.05) is 48.7 Å². The van der Waals surface area contributed by atoms with Crippen LogP contribution in [0.4, 0.5) is 0 Å². The van der Waals surface area contributed by atoms with Crippen molar-refractivity contribution in [1.82, 2.24) is 4.57 Å². The van der Waals surface area contributed by atoms with Crippen molar-refractivity contribution in [3.63, 3.8) is 0 Å². The summed E-state index contributed by atoms with van der Waals surface area (Å²) >= 11 is 0. The van der Waals surface area contributed by atoms with Crippen LogP contribution < -0.4 is 5.56 Å². The van der Waals surface area contributed by atoms with Gasteiger partial charge in [-0.1, -0.05) is 48.2 Å². The molecule has 0 unspecified atom stereocenters. The van der Waals surface area contributed by atoms with Crippen molar-refractivity contribution < 1.29 is 9.47 Å². The molecule has 2 heterocycles. The lowest BCUT2D eigenvalue weighted by Gasteiger charge is -2.11. The molecule has 4 heteroatoms. The standard InChI is InChI=1S/C23H21NO3/c25-23-21-17-19(8-4-7-18-5-2-1-3-6-18)9-10-20(21)11-13-24(23)14-12-22-26-15-16-27-22/h1-3,5-6,9-11,13,17,22H,7,12,14-16H2. The first-order valence-corrected chi connectivity index (χ1v) is 9.19. The lowest BCUT2D eigenvalue weighted by Crippen LogP contribution is -2.22. The molecule has 1 aliphatic heterocycles. The van der Waals surface area contributed by atoms with Gasteiger partial charge in [0.25, 0.3) is 5.56 Å². The van der Waals surface area contributed by atoms with Crippen LogP contribution in [0.15, 0.2) is 65.6 Å². The van der Waals surface area contributed by atoms with E-state index in [0.717, 1.165) is 10.9 Å². The van der Waals surface area contributed by atoms with Crippen LogP contribution >= 0.6 is 0 Å². The Labute approximate surface area is 158 Å². The first kappa shape index (κ1) is 17.5. The summed E-state index contributed by atoms with van der Waals surface area (Å²) in [4.78, 5) is 12.8. The zero-order valence-corrected chi connectivity index (χ0v) is 15.1. The van der Waals surface area contributed by atoms with E-state index in [9.17, 15) is 4.79 Å². The van der Waals surface area contributed by atoms with Gasteiger partial charge in [-0.15, -0.1) is 0 Å². The molecule has 1 aromatic heterocycles. The van der Waals surface area contributed by atoms with Crippen molar-refractivity contribution in [1.29, 1.82) is 0 Å². The number of fused-ring (bicyclic) bond motifs is 1. The van der Waals surface area contributed by atoms with Crippen molar-refractivity contribution in [3.05, 3.63) is 82.3 Å². The molecule has 1 saturated heterocycles. The molecule has 0 aliphatic carbocycles. The van der Waals surface area contributed by atoms with Gasteiger partial charge in [-0.3, -0.25) is 4.79 Å². The van der Waals surface area contributed by atoms with E-state index in [2.05, 4.69) is 24.0 Å². The molecule has 0 spiro atoms. The van der Waals surface area contributed by atoms with Gasteiger partial charge in [-0.25, -0.2) is 0 Å². The number of nitrogens with zero attached hydrogens (tertiary/aromatic N) is 1. The summed E-state index contributed by atoms with van der Waals surface area (Å²) in [6, 6.07) is 17.9. The molecule has 27 heavy (non-hydrogen) atoms. The van der Waals surface area contributed by atoms with E-state index in [1.165, 1.54) is 5.56 Å². The van der Waals surface area contributed by atoms with Crippen LogP contribution in [-0.4, -0.2) is 24.1 Å². The number of benzene rings is 2. The summed E-state index contributed by atoms with van der Waals surface area (Å²) in [5, 5.41) is 1.62. The second-order valence-electron chi connectivity index (χ2n) is 6.54. The van der Waals surface area contributed by atoms with Crippen LogP contribution in [0.5, 0.6) is 0 Å². The molecule has 4 nitrogen and oxygen atoms in total. The van der Waals surface area contributed by atoms with Crippen LogP contribution in [0.3, 0.4) is 0 Å². The monoisotopic (exact) mass is 359 g/mol. The molecule has 0 amide bonds. The summed E-state index contributed by atoms with van der Waals surface area (Å²) in [7, 11) is 0. The fourth-order valence-corrected chi connectivity index (χ4v) is 3.20. The smallest absolute Gasteiger partial charge is 0.258 e. The highest BCUT2D eigenvalue weighted by Gasteiger charge is 2.15. The Kier molecular flexibility index (Phi) is 5.34. The maximum atomic E-state index is 12.8. The maximum absolute atomic E-state index is 12.8. The summed E-state index contributed by atoms with van der Waals surface area (Å²) in [6.45, 7) is 1.83. The highest BCUT2D eigenvalue weighted by atomic mass is 16.7. The molecule has 0 radical (unpaired) electrons. The SMILES string of the molecule is O=c1c2cc(C#CCc3ccccc3)ccc2ccn1CCC1OCCO1. The van der Waals surface area contributed by atoms with Crippen LogP contribution in [0.25, 0.3) is 10.8 Å². The van der Waals surface area contributed by atoms with E-state index in [0.29, 0.717) is 38.0 Å². The van der Waals surface area contributed by atoms with Crippen molar-refractivity contribution >= 4 is 10.8 Å². The Morgan fingerprint density at radius 2 is 1.85 bits per heavy atom. The molecule has 4 rings (SSSR count). The molecule has 1 aliphatic rings. The van der Waals surface area contributed by atoms with E-state index >= 15 is 0 Å². The van der Waals surface area contributed by atoms with Gasteiger partial charge in [0.2, 0.25) is 0 Å². The van der Waals surface area contributed by atoms with Gasteiger partial charge >= 0.3 is 0 Å². The van der Waals surface area contributed by atoms with E-state index in [-0.39, 0.29) is 11.8 Å². The zero-order valence-electron chi connectivity index (χ0n) is 15.1. The Bertz CT molecular complexity index is 1040. The van der Waals surface area contributed by atoms with Crippen molar-refractivity contribution in [2.45, 2.75) is 25.7 Å². The molecular formula is C23H21NO3. The van der Waals surface area contributed by atoms with Gasteiger partial charge in [0.1, 0.15) is 0 Å². The summed E-state index contributed by atoms with van der Waals surface area (Å²) in [5.41, 5.74) is 2.04. The molecule has 2 aromatic carbocycles. The molecule has 3 aromatic rings. The van der Waals surface area contributed by atoms with Gasteiger partial charge in [0, 0.05) is 36.5 Å². The fraction of sp³-hybridized carbons (Fsp3) is 0.261. The number of aromatic nitrogens is 1. The van der Waals surface area contributed by atoms with Gasteiger partial charge in [-0.05, 0) is 29.1 Å². The molecule has 0 bridgehead atoms. The van der Waals surface area contributed by atoms with E-state index < -0.39 is 0 Å². The predicted molar refractivity (Wildman–Crippen MR) is 106 cm³/mol. The number of ether oxygens (including phenoxy) is 2. The third kappa shape index (κ3) is 4.28. The molecular weight excluding hydrogens is 338 g/mol. The molecule has 0 N–H and O–H groups in total. The molecule has 1 fully saturated rings. The zero-order chi connectivity index (χ0) is 18.5. The van der Waals surface area contributed by atoms with Crippen LogP contribution in [0.1, 0.15) is 17.5 Å². The quantitative estimate of drug-likeness (QED) is 0.671. The minimum absolute atomic E-state index is 0.00259. The first-order chi connectivity index (χ1) is 13.3. The molecule has 0 saturated carbocycles. The number of hydrogen-bond acceptors (Lipinski definition) is 3. The number of rotatable bonds is 4. The largest absolute Gasteiger partial charge is 0.350 e. The Morgan fingerprint density at radius 3 is 2.67 bits per heavy atom. The summed E-state index contributed by atoms with van der Waals surface area (Å²) < 4.78 is 12.6. The lowest BCUT2D eigenvalue weighted by atomic mass is 10.1. The van der Waals surface area contributed by atoms with Crippen LogP contribution in [0.2, 0.25) is 0 Å². The summed E-state index contributed by atoms with van der Waals surface area (Å²) in [6.07, 6.45) is 2.99. The topological polar surface area (TPSA) is 40.5 Å². The van der Waals surface area contributed by atoms with Crippen molar-refractivity contribution in [2.75, 3.05) is 13.2 Å². The highest BCUT2D eigenvalue weighted by Crippen LogP contribution is 2.13. The van der Waals surface area contributed by atoms with Crippen molar-refractivity contribution in [2.24, 2.45) is 0 Å². The maximum Gasteiger partial charge on any atom is 0.258 e. The highest BCUT2D eigenvalue weighted by molar-refractivity contribution is 5.82. The van der Waals surface area contributed by atoms with Gasteiger partial charge in [0.05, 0.1) is 13.2 Å². The average molecular weight is 359 g/mol. The minimum Gasteiger partial charge on any atom is -0.350 e. The van der Waals surface area contributed by atoms with Gasteiger partial charge in [-0.2, -0.15) is 0 Å². The Morgan fingerprint density at radius 1 is 1.04 bits per heavy atom. The molecule has 0 atom stereocenters. The Balaban J connectivity index is 1.53. The normalized spacial score (nSPS) is 14.2. The van der Waals surface area contributed by atoms with Gasteiger partial charge in [0.15, 0.2) is 6.29 Å². The fourth-order valence-electron chi connectivity index (χ4n) is 3.20. The van der Waals surface area contributed by atoms with Crippen LogP contribution in [-0.2, 0) is 22.4 Å². The van der Waals surface area contributed by atoms with E-state index in [4.69, 9.17) is 9.47 Å². The second kappa shape index (κ2) is 8.22. The number of pyridine rings is 1. The third-order valence-corrected chi connectivity index (χ3v) is 4.64. The van der Waals surface area contributed by atoms with Crippen LogP contribution in [0, 0.1) is 11.8 Å². The van der Waals surface area contributed by atoms with Gasteiger partial charge < -0.3 is 14.0 Å². The Hall–Kier alpha value is -2.87. The third-order valence-electron chi connectivity index (χ3n) is 4.64. The predicted octanol–water partition coefficient (Wildman–Crippen LogP) is 3.36. The van der Waals surface area contributed by atoms with Crippen molar-refractivity contribution in [3.8, 4) is 11.8 Å². The second-order valence-corrected chi connectivity index (χ2v) is 6.54. The average Bonchev–Trinajstić information content (AvgIpc) is 3.22. The number of aryl methyl sites for hydroxylation is 1. The first-order valence-electron chi connectivity index (χ1n) is 9.19. The summed E-state index contributed by atoms with van der Waals surface area (Å²) in [5.74, 6) is 6.36. The molecule has 136 valence electrons. The number of hydrogen-bond donors (Lipinski definition) is 0. The lowest BCUT2D eigenvalue weighted by molar-refractivity contribution is -0.0491. The minimum atomic E-state index is -0.206.